The summed E-state index contributed by atoms with van der Waals surface area (Å²) in [6.45, 7) is 1.70. The normalized spacial score (nSPS) is 24.0. The van der Waals surface area contributed by atoms with Gasteiger partial charge in [0.15, 0.2) is 0 Å². The topological polar surface area (TPSA) is 76.0 Å². The van der Waals surface area contributed by atoms with Crippen molar-refractivity contribution >= 4 is 16.7 Å². The van der Waals surface area contributed by atoms with Crippen LogP contribution >= 0.6 is 0 Å². The van der Waals surface area contributed by atoms with Crippen LogP contribution in [0.3, 0.4) is 0 Å². The fourth-order valence-corrected chi connectivity index (χ4v) is 4.80. The summed E-state index contributed by atoms with van der Waals surface area (Å²) in [5.41, 5.74) is -0.942. The summed E-state index contributed by atoms with van der Waals surface area (Å²) < 4.78 is 11.4. The average Bonchev–Trinajstić information content (AvgIpc) is 2.85. The van der Waals surface area contributed by atoms with Crippen molar-refractivity contribution in [2.45, 2.75) is 24.2 Å². The molecule has 0 saturated heterocycles. The van der Waals surface area contributed by atoms with Gasteiger partial charge in [0.05, 0.1) is 12.5 Å². The molecule has 1 unspecified atom stereocenters. The highest BCUT2D eigenvalue weighted by atomic mass is 16.7. The highest BCUT2D eigenvalue weighted by Crippen LogP contribution is 2.55. The maximum Gasteiger partial charge on any atom is 0.346 e. The molecule has 0 bridgehead atoms. The highest BCUT2D eigenvalue weighted by Gasteiger charge is 2.67. The number of fused-ring (bicyclic) bond motifs is 2. The molecular formula is C28H24O5. The predicted molar refractivity (Wildman–Crippen MR) is 125 cm³/mol. The van der Waals surface area contributed by atoms with Gasteiger partial charge >= 0.3 is 5.97 Å². The standard InChI is InChI=1S/C28H24O5/c1-2-32-26(29)27(30)25(22-17-10-12-19-11-6-7-15-21(19)22)23-16-8-9-18-24(23)33-28(27,31)20-13-4-3-5-14-20/h3-18,25,30-31H,2H2,1H3/t25?,27-,28+/m1/s1. The summed E-state index contributed by atoms with van der Waals surface area (Å²) in [6, 6.07) is 29.1. The fraction of sp³-hybridized carbons (Fsp3) is 0.179. The minimum atomic E-state index is -2.47. The summed E-state index contributed by atoms with van der Waals surface area (Å²) in [4.78, 5) is 13.5. The average molecular weight is 440 g/mol. The van der Waals surface area contributed by atoms with Crippen LogP contribution in [0.15, 0.2) is 97.1 Å². The van der Waals surface area contributed by atoms with Gasteiger partial charge in [-0.3, -0.25) is 0 Å². The third kappa shape index (κ3) is 3.12. The molecule has 4 aromatic carbocycles. The highest BCUT2D eigenvalue weighted by molar-refractivity contribution is 5.91. The first kappa shape index (κ1) is 21.2. The van der Waals surface area contributed by atoms with E-state index in [1.54, 1.807) is 55.5 Å². The first-order valence-electron chi connectivity index (χ1n) is 10.9. The van der Waals surface area contributed by atoms with Gasteiger partial charge in [0, 0.05) is 11.1 Å². The molecule has 4 aromatic rings. The van der Waals surface area contributed by atoms with Crippen molar-refractivity contribution in [3.05, 3.63) is 114 Å². The van der Waals surface area contributed by atoms with Crippen LogP contribution in [-0.4, -0.2) is 28.4 Å². The lowest BCUT2D eigenvalue weighted by atomic mass is 9.68. The van der Waals surface area contributed by atoms with Crippen molar-refractivity contribution < 1.29 is 24.5 Å². The van der Waals surface area contributed by atoms with Gasteiger partial charge in [-0.2, -0.15) is 0 Å². The lowest BCUT2D eigenvalue weighted by molar-refractivity contribution is -0.280. The predicted octanol–water partition coefficient (Wildman–Crippen LogP) is 4.50. The second kappa shape index (κ2) is 8.03. The Kier molecular flexibility index (Phi) is 5.16. The molecule has 33 heavy (non-hydrogen) atoms. The number of aliphatic hydroxyl groups is 2. The van der Waals surface area contributed by atoms with Gasteiger partial charge < -0.3 is 19.7 Å². The van der Waals surface area contributed by atoms with Crippen LogP contribution in [0.4, 0.5) is 0 Å². The number of carbonyl (C=O) groups is 1. The van der Waals surface area contributed by atoms with Crippen molar-refractivity contribution in [2.24, 2.45) is 0 Å². The van der Waals surface area contributed by atoms with E-state index in [1.165, 1.54) is 0 Å². The molecule has 5 heteroatoms. The first-order chi connectivity index (χ1) is 16.0. The Bertz CT molecular complexity index is 1310. The molecule has 1 aliphatic rings. The second-order valence-electron chi connectivity index (χ2n) is 8.14. The van der Waals surface area contributed by atoms with E-state index >= 15 is 0 Å². The Morgan fingerprint density at radius 3 is 2.27 bits per heavy atom. The van der Waals surface area contributed by atoms with Gasteiger partial charge in [-0.05, 0) is 29.3 Å². The molecule has 5 rings (SSSR count). The van der Waals surface area contributed by atoms with Crippen molar-refractivity contribution in [1.82, 2.24) is 0 Å². The summed E-state index contributed by atoms with van der Waals surface area (Å²) in [7, 11) is 0. The molecular weight excluding hydrogens is 416 g/mol. The van der Waals surface area contributed by atoms with Gasteiger partial charge in [0.25, 0.3) is 5.79 Å². The molecule has 0 radical (unpaired) electrons. The van der Waals surface area contributed by atoms with Crippen LogP contribution in [0.5, 0.6) is 5.75 Å². The van der Waals surface area contributed by atoms with Crippen LogP contribution in [0.25, 0.3) is 10.8 Å². The quantitative estimate of drug-likeness (QED) is 0.457. The van der Waals surface area contributed by atoms with E-state index in [9.17, 15) is 15.0 Å². The van der Waals surface area contributed by atoms with E-state index in [1.807, 2.05) is 48.5 Å². The van der Waals surface area contributed by atoms with Gasteiger partial charge in [-0.25, -0.2) is 4.79 Å². The molecule has 5 nitrogen and oxygen atoms in total. The van der Waals surface area contributed by atoms with Crippen molar-refractivity contribution in [3.63, 3.8) is 0 Å². The molecule has 3 atom stereocenters. The number of hydrogen-bond donors (Lipinski definition) is 2. The zero-order chi connectivity index (χ0) is 23.1. The lowest BCUT2D eigenvalue weighted by Crippen LogP contribution is -2.66. The zero-order valence-corrected chi connectivity index (χ0v) is 18.1. The number of carbonyl (C=O) groups excluding carboxylic acids is 1. The van der Waals surface area contributed by atoms with Gasteiger partial charge in [0.1, 0.15) is 5.75 Å². The van der Waals surface area contributed by atoms with Gasteiger partial charge in [-0.1, -0.05) is 91.0 Å². The number of benzene rings is 4. The van der Waals surface area contributed by atoms with E-state index in [4.69, 9.17) is 9.47 Å². The number of para-hydroxylation sites is 1. The zero-order valence-electron chi connectivity index (χ0n) is 18.1. The number of esters is 1. The second-order valence-corrected chi connectivity index (χ2v) is 8.14. The number of rotatable bonds is 4. The number of hydrogen-bond acceptors (Lipinski definition) is 5. The summed E-state index contributed by atoms with van der Waals surface area (Å²) in [6.07, 6.45) is 0. The molecule has 0 spiro atoms. The molecule has 0 aliphatic carbocycles. The third-order valence-corrected chi connectivity index (χ3v) is 6.31. The monoisotopic (exact) mass is 440 g/mol. The van der Waals surface area contributed by atoms with E-state index < -0.39 is 23.3 Å². The van der Waals surface area contributed by atoms with E-state index in [2.05, 4.69) is 0 Å². The molecule has 0 amide bonds. The molecule has 1 aliphatic heterocycles. The van der Waals surface area contributed by atoms with Crippen molar-refractivity contribution in [2.75, 3.05) is 6.61 Å². The lowest BCUT2D eigenvalue weighted by Gasteiger charge is -2.49. The minimum absolute atomic E-state index is 0.0376. The third-order valence-electron chi connectivity index (χ3n) is 6.31. The molecule has 0 aromatic heterocycles. The Hall–Kier alpha value is -3.67. The van der Waals surface area contributed by atoms with E-state index in [0.29, 0.717) is 16.9 Å². The molecule has 0 fully saturated rings. The largest absolute Gasteiger partial charge is 0.464 e. The maximum absolute atomic E-state index is 13.5. The van der Waals surface area contributed by atoms with Gasteiger partial charge in [0.2, 0.25) is 5.60 Å². The Labute approximate surface area is 191 Å². The molecule has 166 valence electrons. The molecule has 0 saturated carbocycles. The van der Waals surface area contributed by atoms with E-state index in [0.717, 1.165) is 10.8 Å². The van der Waals surface area contributed by atoms with Crippen LogP contribution in [0, 0.1) is 0 Å². The number of ether oxygens (including phenoxy) is 2. The molecule has 1 heterocycles. The van der Waals surface area contributed by atoms with E-state index in [-0.39, 0.29) is 12.2 Å². The van der Waals surface area contributed by atoms with Crippen LogP contribution in [-0.2, 0) is 15.3 Å². The summed E-state index contributed by atoms with van der Waals surface area (Å²) >= 11 is 0. The smallest absolute Gasteiger partial charge is 0.346 e. The fourth-order valence-electron chi connectivity index (χ4n) is 4.80. The SMILES string of the molecule is CCOC(=O)[C@]1(O)C(c2cccc3ccccc23)c2ccccc2O[C@@]1(O)c1ccccc1. The Balaban J connectivity index is 1.87. The van der Waals surface area contributed by atoms with Crippen molar-refractivity contribution in [1.29, 1.82) is 0 Å². The van der Waals surface area contributed by atoms with Gasteiger partial charge in [-0.15, -0.1) is 0 Å². The van der Waals surface area contributed by atoms with Crippen LogP contribution in [0.1, 0.15) is 29.5 Å². The first-order valence-corrected chi connectivity index (χ1v) is 10.9. The minimum Gasteiger partial charge on any atom is -0.464 e. The molecule has 2 N–H and O–H groups in total. The summed E-state index contributed by atoms with van der Waals surface area (Å²) in [5.74, 6) is -3.92. The Morgan fingerprint density at radius 2 is 1.48 bits per heavy atom. The van der Waals surface area contributed by atoms with Crippen LogP contribution < -0.4 is 4.74 Å². The van der Waals surface area contributed by atoms with Crippen LogP contribution in [0.2, 0.25) is 0 Å². The Morgan fingerprint density at radius 1 is 0.848 bits per heavy atom. The maximum atomic E-state index is 13.5. The van der Waals surface area contributed by atoms with Crippen molar-refractivity contribution in [3.8, 4) is 5.75 Å². The summed E-state index contributed by atoms with van der Waals surface area (Å²) in [5, 5.41) is 26.2.